The van der Waals surface area contributed by atoms with Crippen LogP contribution in [0.15, 0.2) is 119 Å². The van der Waals surface area contributed by atoms with Gasteiger partial charge in [-0.2, -0.15) is 0 Å². The average Bonchev–Trinajstić information content (AvgIpc) is 3.70. The first-order chi connectivity index (χ1) is 23.8. The van der Waals surface area contributed by atoms with Gasteiger partial charge in [-0.25, -0.2) is 9.97 Å². The first kappa shape index (κ1) is 28.1. The van der Waals surface area contributed by atoms with E-state index in [1.165, 1.54) is 52.0 Å². The lowest BCUT2D eigenvalue weighted by atomic mass is 9.76. The van der Waals surface area contributed by atoms with E-state index in [0.29, 0.717) is 11.8 Å². The highest BCUT2D eigenvalue weighted by Gasteiger charge is 2.43. The van der Waals surface area contributed by atoms with Crippen LogP contribution in [-0.4, -0.2) is 16.0 Å². The molecule has 3 heterocycles. The largest absolute Gasteiger partial charge is 0.456 e. The number of anilines is 2. The number of para-hydroxylation sites is 1. The van der Waals surface area contributed by atoms with Crippen molar-refractivity contribution >= 4 is 51.3 Å². The zero-order valence-corrected chi connectivity index (χ0v) is 27.2. The third-order valence-electron chi connectivity index (χ3n) is 11.4. The van der Waals surface area contributed by atoms with Crippen molar-refractivity contribution in [3.63, 3.8) is 0 Å². The Hall–Kier alpha value is -4.96. The van der Waals surface area contributed by atoms with Crippen molar-refractivity contribution in [1.82, 2.24) is 9.97 Å². The summed E-state index contributed by atoms with van der Waals surface area (Å²) in [6.45, 7) is 0. The van der Waals surface area contributed by atoms with Crippen LogP contribution in [0.3, 0.4) is 0 Å². The molecular formula is C44H39N3O. The summed E-state index contributed by atoms with van der Waals surface area (Å²) >= 11 is 0. The standard InChI is InChI=1S/C44H39N3O/c1-3-12-28(13-4-1)30-16-11-17-31(26-30)32-22-23-36-39(27-32)47(38-25-24-34-33-18-8-10-21-40(33)48-43(34)41(36)38)44-45-37-20-9-7-19-35(37)42(46-44)29-14-5-2-6-15-29/h1-3,5,8,10-11,14,16-25,27-28,31,36,39H,4,6-7,9,12-13,15,26H2. The summed E-state index contributed by atoms with van der Waals surface area (Å²) in [5, 5.41) is 4.60. The molecule has 0 spiro atoms. The first-order valence-corrected chi connectivity index (χ1v) is 17.9. The number of benzene rings is 2. The lowest BCUT2D eigenvalue weighted by Gasteiger charge is -2.32. The molecule has 6 aliphatic rings. The molecule has 2 aromatic heterocycles. The summed E-state index contributed by atoms with van der Waals surface area (Å²) in [7, 11) is 0. The molecule has 236 valence electrons. The molecule has 0 N–H and O–H groups in total. The number of rotatable bonds is 4. The maximum absolute atomic E-state index is 6.69. The van der Waals surface area contributed by atoms with E-state index in [9.17, 15) is 0 Å². The molecule has 1 aliphatic heterocycles. The van der Waals surface area contributed by atoms with Gasteiger partial charge in [0, 0.05) is 33.4 Å². The molecule has 0 radical (unpaired) electrons. The average molecular weight is 626 g/mol. The van der Waals surface area contributed by atoms with Gasteiger partial charge in [0.2, 0.25) is 5.95 Å². The lowest BCUT2D eigenvalue weighted by Crippen LogP contribution is -2.39. The smallest absolute Gasteiger partial charge is 0.231 e. The van der Waals surface area contributed by atoms with Crippen LogP contribution in [0.4, 0.5) is 11.6 Å². The molecule has 4 aromatic rings. The highest BCUT2D eigenvalue weighted by molar-refractivity contribution is 6.08. The Labute approximate surface area is 281 Å². The Morgan fingerprint density at radius 1 is 0.833 bits per heavy atom. The normalized spacial score (nSPS) is 25.6. The second-order valence-electron chi connectivity index (χ2n) is 14.1. The first-order valence-electron chi connectivity index (χ1n) is 17.9. The monoisotopic (exact) mass is 625 g/mol. The zero-order chi connectivity index (χ0) is 31.6. The zero-order valence-electron chi connectivity index (χ0n) is 27.2. The Morgan fingerprint density at radius 3 is 2.71 bits per heavy atom. The molecule has 48 heavy (non-hydrogen) atoms. The Balaban J connectivity index is 1.13. The number of fused-ring (bicyclic) bond motifs is 8. The molecule has 0 amide bonds. The fourth-order valence-corrected chi connectivity index (χ4v) is 8.96. The minimum Gasteiger partial charge on any atom is -0.456 e. The third-order valence-corrected chi connectivity index (χ3v) is 11.4. The van der Waals surface area contributed by atoms with Crippen molar-refractivity contribution < 1.29 is 4.42 Å². The van der Waals surface area contributed by atoms with Gasteiger partial charge in [-0.1, -0.05) is 103 Å². The van der Waals surface area contributed by atoms with Gasteiger partial charge in [-0.05, 0) is 86.6 Å². The molecule has 0 bridgehead atoms. The SMILES string of the molecule is C1=CCCC(c2nc(N3c4ccc5c(oc6ccccc65)c4C4C=CC(C5C=CC=C(C6CC=CCC6)C5)=CC43)nc3c2=CCCC=3)=C1. The van der Waals surface area contributed by atoms with Gasteiger partial charge in [0.15, 0.2) is 0 Å². The number of hydrogen-bond donors (Lipinski definition) is 0. The van der Waals surface area contributed by atoms with Crippen molar-refractivity contribution in [3.05, 3.63) is 136 Å². The Bertz CT molecular complexity index is 2340. The van der Waals surface area contributed by atoms with Crippen LogP contribution in [-0.2, 0) is 0 Å². The van der Waals surface area contributed by atoms with E-state index in [1.807, 2.05) is 0 Å². The number of allylic oxidation sites excluding steroid dienone is 12. The van der Waals surface area contributed by atoms with Crippen LogP contribution >= 0.6 is 0 Å². The van der Waals surface area contributed by atoms with Gasteiger partial charge in [0.05, 0.1) is 22.8 Å². The van der Waals surface area contributed by atoms with Gasteiger partial charge in [-0.15, -0.1) is 0 Å². The summed E-state index contributed by atoms with van der Waals surface area (Å²) in [6, 6.07) is 13.0. The number of hydrogen-bond acceptors (Lipinski definition) is 4. The summed E-state index contributed by atoms with van der Waals surface area (Å²) < 4.78 is 6.69. The molecule has 5 aliphatic carbocycles. The summed E-state index contributed by atoms with van der Waals surface area (Å²) in [5.74, 6) is 1.95. The Morgan fingerprint density at radius 2 is 1.79 bits per heavy atom. The molecule has 4 unspecified atom stereocenters. The van der Waals surface area contributed by atoms with E-state index in [0.717, 1.165) is 65.9 Å². The maximum Gasteiger partial charge on any atom is 0.231 e. The van der Waals surface area contributed by atoms with E-state index in [2.05, 4.69) is 120 Å². The molecule has 4 nitrogen and oxygen atoms in total. The van der Waals surface area contributed by atoms with Crippen molar-refractivity contribution in [2.45, 2.75) is 63.3 Å². The van der Waals surface area contributed by atoms with Crippen LogP contribution in [0, 0.1) is 11.8 Å². The van der Waals surface area contributed by atoms with Crippen molar-refractivity contribution in [1.29, 1.82) is 0 Å². The summed E-state index contributed by atoms with van der Waals surface area (Å²) in [6.07, 6.45) is 39.3. The lowest BCUT2D eigenvalue weighted by molar-refractivity contribution is 0.515. The summed E-state index contributed by atoms with van der Waals surface area (Å²) in [4.78, 5) is 13.2. The minimum atomic E-state index is 0.0536. The molecule has 4 heteroatoms. The van der Waals surface area contributed by atoms with Gasteiger partial charge < -0.3 is 9.32 Å². The van der Waals surface area contributed by atoms with E-state index in [4.69, 9.17) is 14.4 Å². The summed E-state index contributed by atoms with van der Waals surface area (Å²) in [5.41, 5.74) is 9.70. The Kier molecular flexibility index (Phi) is 6.63. The number of furan rings is 1. The predicted molar refractivity (Wildman–Crippen MR) is 197 cm³/mol. The molecule has 2 aromatic carbocycles. The number of aromatic nitrogens is 2. The molecule has 4 atom stereocenters. The third kappa shape index (κ3) is 4.49. The van der Waals surface area contributed by atoms with Gasteiger partial charge in [0.1, 0.15) is 11.2 Å². The maximum atomic E-state index is 6.69. The minimum absolute atomic E-state index is 0.0536. The van der Waals surface area contributed by atoms with Crippen LogP contribution in [0.5, 0.6) is 0 Å². The van der Waals surface area contributed by atoms with E-state index in [-0.39, 0.29) is 12.0 Å². The van der Waals surface area contributed by atoms with E-state index < -0.39 is 0 Å². The molecule has 0 saturated carbocycles. The van der Waals surface area contributed by atoms with Gasteiger partial charge in [0.25, 0.3) is 0 Å². The molecule has 10 rings (SSSR count). The fourth-order valence-electron chi connectivity index (χ4n) is 8.96. The highest BCUT2D eigenvalue weighted by atomic mass is 16.3. The predicted octanol–water partition coefficient (Wildman–Crippen LogP) is 9.42. The van der Waals surface area contributed by atoms with Crippen LogP contribution in [0.2, 0.25) is 0 Å². The topological polar surface area (TPSA) is 42.2 Å². The van der Waals surface area contributed by atoms with Crippen molar-refractivity contribution in [2.24, 2.45) is 11.8 Å². The van der Waals surface area contributed by atoms with Gasteiger partial charge >= 0.3 is 0 Å². The second kappa shape index (κ2) is 11.3. The molecule has 0 fully saturated rings. The van der Waals surface area contributed by atoms with E-state index in [1.54, 1.807) is 5.57 Å². The fraction of sp³-hybridized carbons (Fsp3) is 0.273. The molecular weight excluding hydrogens is 587 g/mol. The van der Waals surface area contributed by atoms with Crippen molar-refractivity contribution in [2.75, 3.05) is 4.90 Å². The quantitative estimate of drug-likeness (QED) is 0.212. The molecule has 0 saturated heterocycles. The van der Waals surface area contributed by atoms with Crippen molar-refractivity contribution in [3.8, 4) is 0 Å². The second-order valence-corrected chi connectivity index (χ2v) is 14.1. The van der Waals surface area contributed by atoms with Crippen LogP contribution in [0.25, 0.3) is 39.7 Å². The number of nitrogens with zero attached hydrogens (tertiary/aromatic N) is 3. The van der Waals surface area contributed by atoms with Crippen LogP contribution in [0.1, 0.15) is 68.5 Å². The highest BCUT2D eigenvalue weighted by Crippen LogP contribution is 2.52. The van der Waals surface area contributed by atoms with E-state index >= 15 is 0 Å². The van der Waals surface area contributed by atoms with Gasteiger partial charge in [-0.3, -0.25) is 0 Å². The van der Waals surface area contributed by atoms with Crippen LogP contribution < -0.4 is 15.5 Å².